The zero-order valence-electron chi connectivity index (χ0n) is 14.3. The third-order valence-corrected chi connectivity index (χ3v) is 6.69. The molecule has 1 fully saturated rings. The van der Waals surface area contributed by atoms with Crippen LogP contribution in [0.4, 0.5) is 5.69 Å². The predicted octanol–water partition coefficient (Wildman–Crippen LogP) is 4.50. The second-order valence-corrected chi connectivity index (χ2v) is 7.92. The molecule has 1 saturated carbocycles. The van der Waals surface area contributed by atoms with Crippen molar-refractivity contribution in [3.8, 4) is 0 Å². The summed E-state index contributed by atoms with van der Waals surface area (Å²) < 4.78 is 0. The van der Waals surface area contributed by atoms with E-state index in [9.17, 15) is 14.7 Å². The van der Waals surface area contributed by atoms with Crippen LogP contribution in [-0.2, 0) is 9.59 Å². The van der Waals surface area contributed by atoms with Crippen LogP contribution in [0.2, 0.25) is 5.02 Å². The number of halogens is 1. The summed E-state index contributed by atoms with van der Waals surface area (Å²) in [5.41, 5.74) is -0.798. The van der Waals surface area contributed by atoms with Gasteiger partial charge in [-0.1, -0.05) is 38.4 Å². The largest absolute Gasteiger partial charge is 0.481 e. The highest BCUT2D eigenvalue weighted by Crippen LogP contribution is 2.63. The first-order valence-corrected chi connectivity index (χ1v) is 8.14. The molecule has 0 radical (unpaired) electrons. The van der Waals surface area contributed by atoms with E-state index >= 15 is 0 Å². The summed E-state index contributed by atoms with van der Waals surface area (Å²) in [6.07, 6.45) is 1.02. The van der Waals surface area contributed by atoms with Crippen molar-refractivity contribution in [2.75, 3.05) is 5.32 Å². The molecule has 1 aliphatic rings. The molecule has 0 heterocycles. The third-order valence-electron chi connectivity index (χ3n) is 6.29. The lowest BCUT2D eigenvalue weighted by Gasteiger charge is -2.44. The van der Waals surface area contributed by atoms with Crippen molar-refractivity contribution in [1.29, 1.82) is 0 Å². The molecule has 1 aliphatic carbocycles. The summed E-state index contributed by atoms with van der Waals surface area (Å²) in [4.78, 5) is 24.7. The maximum Gasteiger partial charge on any atom is 0.309 e. The Kier molecular flexibility index (Phi) is 4.27. The number of carboxylic acid groups (broad SMARTS) is 1. The summed E-state index contributed by atoms with van der Waals surface area (Å²) in [7, 11) is 0. The zero-order valence-corrected chi connectivity index (χ0v) is 15.0. The lowest BCUT2D eigenvalue weighted by Crippen LogP contribution is -2.49. The molecule has 0 aliphatic heterocycles. The molecule has 0 spiro atoms. The molecule has 23 heavy (non-hydrogen) atoms. The highest BCUT2D eigenvalue weighted by atomic mass is 35.5. The predicted molar refractivity (Wildman–Crippen MR) is 91.7 cm³/mol. The highest BCUT2D eigenvalue weighted by molar-refractivity contribution is 6.31. The Bertz CT molecular complexity index is 670. The van der Waals surface area contributed by atoms with Gasteiger partial charge in [-0.2, -0.15) is 0 Å². The Morgan fingerprint density at radius 3 is 2.17 bits per heavy atom. The van der Waals surface area contributed by atoms with E-state index in [2.05, 4.69) is 5.32 Å². The average Bonchev–Trinajstić information content (AvgIpc) is 2.65. The lowest BCUT2D eigenvalue weighted by atomic mass is 9.59. The number of aryl methyl sites for hydroxylation is 1. The SMILES string of the molecule is Cc1ccc(NC(=O)C2(C)CCC(C)(C(=O)O)C2(C)C)cc1Cl. The summed E-state index contributed by atoms with van der Waals surface area (Å²) in [5.74, 6) is -1.01. The third kappa shape index (κ3) is 2.53. The summed E-state index contributed by atoms with van der Waals surface area (Å²) >= 11 is 6.11. The van der Waals surface area contributed by atoms with Gasteiger partial charge in [0.05, 0.1) is 10.8 Å². The standard InChI is InChI=1S/C18H24ClNO3/c1-11-6-7-12(10-13(11)19)20-14(21)17(4)8-9-18(5,15(22)23)16(17,2)3/h6-7,10H,8-9H2,1-5H3,(H,20,21)(H,22,23). The van der Waals surface area contributed by atoms with Crippen LogP contribution in [0.15, 0.2) is 18.2 Å². The fourth-order valence-electron chi connectivity index (χ4n) is 3.45. The van der Waals surface area contributed by atoms with Crippen molar-refractivity contribution in [1.82, 2.24) is 0 Å². The number of nitrogens with one attached hydrogen (secondary N) is 1. The molecule has 126 valence electrons. The first kappa shape index (κ1) is 17.8. The number of carbonyl (C=O) groups excluding carboxylic acids is 1. The van der Waals surface area contributed by atoms with Gasteiger partial charge in [0.25, 0.3) is 0 Å². The first-order chi connectivity index (χ1) is 10.5. The molecular weight excluding hydrogens is 314 g/mol. The van der Waals surface area contributed by atoms with Crippen molar-refractivity contribution in [3.63, 3.8) is 0 Å². The van der Waals surface area contributed by atoms with Crippen LogP contribution in [0, 0.1) is 23.2 Å². The Morgan fingerprint density at radius 1 is 1.13 bits per heavy atom. The highest BCUT2D eigenvalue weighted by Gasteiger charge is 2.64. The molecule has 1 aromatic carbocycles. The monoisotopic (exact) mass is 337 g/mol. The van der Waals surface area contributed by atoms with Gasteiger partial charge in [-0.15, -0.1) is 0 Å². The van der Waals surface area contributed by atoms with E-state index in [1.807, 2.05) is 33.8 Å². The molecule has 2 N–H and O–H groups in total. The van der Waals surface area contributed by atoms with E-state index in [-0.39, 0.29) is 5.91 Å². The van der Waals surface area contributed by atoms with Crippen molar-refractivity contribution < 1.29 is 14.7 Å². The van der Waals surface area contributed by atoms with E-state index in [1.54, 1.807) is 19.1 Å². The number of hydrogen-bond donors (Lipinski definition) is 2. The van der Waals surface area contributed by atoms with Crippen LogP contribution < -0.4 is 5.32 Å². The number of anilines is 1. The minimum Gasteiger partial charge on any atom is -0.481 e. The van der Waals surface area contributed by atoms with Crippen molar-refractivity contribution in [3.05, 3.63) is 28.8 Å². The summed E-state index contributed by atoms with van der Waals surface area (Å²) in [5, 5.41) is 13.1. The van der Waals surface area contributed by atoms with Gasteiger partial charge in [-0.25, -0.2) is 0 Å². The molecule has 1 aromatic rings. The van der Waals surface area contributed by atoms with Crippen LogP contribution in [0.25, 0.3) is 0 Å². The van der Waals surface area contributed by atoms with Crippen LogP contribution in [-0.4, -0.2) is 17.0 Å². The maximum atomic E-state index is 12.9. The molecule has 2 atom stereocenters. The molecule has 2 unspecified atom stereocenters. The van der Waals surface area contributed by atoms with E-state index in [1.165, 1.54) is 0 Å². The second kappa shape index (κ2) is 5.52. The number of amides is 1. The number of rotatable bonds is 3. The molecule has 4 nitrogen and oxygen atoms in total. The van der Waals surface area contributed by atoms with Gasteiger partial charge in [-0.05, 0) is 49.8 Å². The van der Waals surface area contributed by atoms with Gasteiger partial charge >= 0.3 is 5.97 Å². The fraction of sp³-hybridized carbons (Fsp3) is 0.556. The quantitative estimate of drug-likeness (QED) is 0.853. The summed E-state index contributed by atoms with van der Waals surface area (Å²) in [6, 6.07) is 5.37. The molecule has 5 heteroatoms. The molecular formula is C18H24ClNO3. The normalized spacial score (nSPS) is 29.3. The van der Waals surface area contributed by atoms with Crippen LogP contribution in [0.5, 0.6) is 0 Å². The van der Waals surface area contributed by atoms with Gasteiger partial charge in [-0.3, -0.25) is 9.59 Å². The van der Waals surface area contributed by atoms with Crippen LogP contribution in [0.1, 0.15) is 46.1 Å². The van der Waals surface area contributed by atoms with Gasteiger partial charge in [0.15, 0.2) is 0 Å². The van der Waals surface area contributed by atoms with E-state index in [0.29, 0.717) is 23.6 Å². The van der Waals surface area contributed by atoms with E-state index < -0.39 is 22.2 Å². The molecule has 0 aromatic heterocycles. The number of carboxylic acids is 1. The van der Waals surface area contributed by atoms with E-state index in [0.717, 1.165) is 5.56 Å². The topological polar surface area (TPSA) is 66.4 Å². The van der Waals surface area contributed by atoms with Gasteiger partial charge in [0.2, 0.25) is 5.91 Å². The first-order valence-electron chi connectivity index (χ1n) is 7.77. The number of aliphatic carboxylic acids is 1. The Labute approximate surface area is 142 Å². The Morgan fingerprint density at radius 2 is 1.70 bits per heavy atom. The molecule has 0 bridgehead atoms. The Balaban J connectivity index is 2.31. The van der Waals surface area contributed by atoms with Crippen molar-refractivity contribution in [2.24, 2.45) is 16.2 Å². The Hall–Kier alpha value is -1.55. The lowest BCUT2D eigenvalue weighted by molar-refractivity contribution is -0.157. The van der Waals surface area contributed by atoms with Crippen molar-refractivity contribution in [2.45, 2.75) is 47.5 Å². The molecule has 1 amide bonds. The van der Waals surface area contributed by atoms with E-state index in [4.69, 9.17) is 11.6 Å². The van der Waals surface area contributed by atoms with Gasteiger partial charge in [0.1, 0.15) is 0 Å². The number of hydrogen-bond acceptors (Lipinski definition) is 2. The van der Waals surface area contributed by atoms with Crippen LogP contribution >= 0.6 is 11.6 Å². The number of benzene rings is 1. The molecule has 0 saturated heterocycles. The van der Waals surface area contributed by atoms with Crippen LogP contribution in [0.3, 0.4) is 0 Å². The fourth-order valence-corrected chi connectivity index (χ4v) is 3.63. The van der Waals surface area contributed by atoms with Gasteiger partial charge in [0, 0.05) is 10.7 Å². The second-order valence-electron chi connectivity index (χ2n) is 7.51. The minimum atomic E-state index is -0.927. The minimum absolute atomic E-state index is 0.160. The smallest absolute Gasteiger partial charge is 0.309 e. The van der Waals surface area contributed by atoms with Crippen molar-refractivity contribution >= 4 is 29.2 Å². The number of carbonyl (C=O) groups is 2. The maximum absolute atomic E-state index is 12.9. The average molecular weight is 338 g/mol. The molecule has 2 rings (SSSR count). The summed E-state index contributed by atoms with van der Waals surface area (Å²) in [6.45, 7) is 9.22. The van der Waals surface area contributed by atoms with Gasteiger partial charge < -0.3 is 10.4 Å². The zero-order chi connectivity index (χ0) is 17.6.